The van der Waals surface area contributed by atoms with Crippen LogP contribution in [0.3, 0.4) is 0 Å². The number of hydrogen-bond donors (Lipinski definition) is 1. The molecule has 5 nitrogen and oxygen atoms in total. The van der Waals surface area contributed by atoms with E-state index in [0.717, 1.165) is 38.5 Å². The van der Waals surface area contributed by atoms with Crippen LogP contribution in [0.15, 0.2) is 12.2 Å². The highest BCUT2D eigenvalue weighted by Gasteiger charge is 2.21. The van der Waals surface area contributed by atoms with E-state index in [1.807, 2.05) is 0 Å². The van der Waals surface area contributed by atoms with E-state index >= 15 is 0 Å². The second-order valence-corrected chi connectivity index (χ2v) is 9.81. The lowest BCUT2D eigenvalue weighted by Gasteiger charge is -2.11. The Labute approximate surface area is 216 Å². The van der Waals surface area contributed by atoms with Gasteiger partial charge >= 0.3 is 11.9 Å². The van der Waals surface area contributed by atoms with E-state index in [1.165, 1.54) is 89.9 Å². The molecule has 0 aliphatic rings. The van der Waals surface area contributed by atoms with Crippen molar-refractivity contribution >= 4 is 11.9 Å². The van der Waals surface area contributed by atoms with Crippen LogP contribution in [0, 0.1) is 0 Å². The molecule has 35 heavy (non-hydrogen) atoms. The summed E-state index contributed by atoms with van der Waals surface area (Å²) in [4.78, 5) is 23.6. The van der Waals surface area contributed by atoms with Crippen molar-refractivity contribution < 1.29 is 24.2 Å². The summed E-state index contributed by atoms with van der Waals surface area (Å²) < 4.78 is 10.2. The van der Waals surface area contributed by atoms with Gasteiger partial charge in [-0.3, -0.25) is 4.79 Å². The van der Waals surface area contributed by atoms with Crippen molar-refractivity contribution in [2.45, 2.75) is 155 Å². The molecule has 0 fully saturated rings. The average molecular weight is 497 g/mol. The van der Waals surface area contributed by atoms with E-state index in [0.29, 0.717) is 13.2 Å². The molecule has 0 aliphatic carbocycles. The number of unbranched alkanes of at least 4 members (excludes halogenated alkanes) is 17. The van der Waals surface area contributed by atoms with Gasteiger partial charge in [0.25, 0.3) is 0 Å². The van der Waals surface area contributed by atoms with Gasteiger partial charge in [-0.2, -0.15) is 0 Å². The zero-order chi connectivity index (χ0) is 25.8. The fourth-order valence-electron chi connectivity index (χ4n) is 3.99. The predicted molar refractivity (Wildman–Crippen MR) is 145 cm³/mol. The highest BCUT2D eigenvalue weighted by atomic mass is 16.6. The van der Waals surface area contributed by atoms with Crippen LogP contribution >= 0.6 is 0 Å². The number of carbonyl (C=O) groups is 2. The monoisotopic (exact) mass is 496 g/mol. The van der Waals surface area contributed by atoms with Crippen LogP contribution in [-0.2, 0) is 19.1 Å². The molecule has 5 heteroatoms. The summed E-state index contributed by atoms with van der Waals surface area (Å²) in [6, 6.07) is 0. The van der Waals surface area contributed by atoms with Crippen molar-refractivity contribution in [3.05, 3.63) is 12.2 Å². The highest BCUT2D eigenvalue weighted by Crippen LogP contribution is 2.10. The molecule has 0 aromatic rings. The molecule has 0 aliphatic heterocycles. The maximum absolute atomic E-state index is 11.8. The molecule has 0 bridgehead atoms. The third-order valence-electron chi connectivity index (χ3n) is 6.29. The lowest BCUT2D eigenvalue weighted by molar-refractivity contribution is -0.160. The van der Waals surface area contributed by atoms with Gasteiger partial charge in [-0.15, -0.1) is 0 Å². The number of aliphatic hydroxyl groups excluding tert-OH is 1. The van der Waals surface area contributed by atoms with E-state index in [2.05, 4.69) is 26.0 Å². The number of aliphatic hydroxyl groups is 1. The van der Waals surface area contributed by atoms with Crippen LogP contribution in [0.1, 0.15) is 149 Å². The van der Waals surface area contributed by atoms with Crippen LogP contribution in [0.25, 0.3) is 0 Å². The van der Waals surface area contributed by atoms with Gasteiger partial charge in [0, 0.05) is 0 Å². The van der Waals surface area contributed by atoms with Crippen LogP contribution in [0.5, 0.6) is 0 Å². The molecule has 0 saturated heterocycles. The maximum atomic E-state index is 11.8. The van der Waals surface area contributed by atoms with Gasteiger partial charge in [0.05, 0.1) is 19.6 Å². The first-order valence-electron chi connectivity index (χ1n) is 14.8. The zero-order valence-corrected chi connectivity index (χ0v) is 23.1. The molecule has 206 valence electrons. The van der Waals surface area contributed by atoms with Gasteiger partial charge in [0.1, 0.15) is 0 Å². The first-order valence-corrected chi connectivity index (χ1v) is 14.8. The molecule has 0 aromatic heterocycles. The van der Waals surface area contributed by atoms with Crippen LogP contribution in [0.4, 0.5) is 0 Å². The largest absolute Gasteiger partial charge is 0.466 e. The molecule has 0 amide bonds. The Morgan fingerprint density at radius 2 is 1.00 bits per heavy atom. The SMILES string of the molecule is CCCCCCCC/C=C\CCCCCCCCOC(=O)C(O)CC(=O)OCCCCCCCC. The molecular formula is C30H56O5. The minimum atomic E-state index is -1.43. The molecule has 0 rings (SSSR count). The van der Waals surface area contributed by atoms with E-state index in [9.17, 15) is 14.7 Å². The molecule has 1 atom stereocenters. The van der Waals surface area contributed by atoms with Crippen molar-refractivity contribution in [3.63, 3.8) is 0 Å². The summed E-state index contributed by atoms with van der Waals surface area (Å²) in [5.41, 5.74) is 0. The van der Waals surface area contributed by atoms with Crippen molar-refractivity contribution in [2.24, 2.45) is 0 Å². The summed E-state index contributed by atoms with van der Waals surface area (Å²) in [5, 5.41) is 9.84. The van der Waals surface area contributed by atoms with Crippen molar-refractivity contribution in [1.82, 2.24) is 0 Å². The van der Waals surface area contributed by atoms with E-state index < -0.39 is 18.0 Å². The minimum absolute atomic E-state index is 0.296. The van der Waals surface area contributed by atoms with Gasteiger partial charge in [0.15, 0.2) is 6.10 Å². The molecule has 0 aromatic carbocycles. The average Bonchev–Trinajstić information content (AvgIpc) is 2.85. The van der Waals surface area contributed by atoms with E-state index in [4.69, 9.17) is 9.47 Å². The quantitative estimate of drug-likeness (QED) is 0.0741. The minimum Gasteiger partial charge on any atom is -0.466 e. The lowest BCUT2D eigenvalue weighted by Crippen LogP contribution is -2.27. The normalized spacial score (nSPS) is 12.2. The lowest BCUT2D eigenvalue weighted by atomic mass is 10.1. The number of rotatable bonds is 26. The zero-order valence-electron chi connectivity index (χ0n) is 23.1. The first-order chi connectivity index (χ1) is 17.1. The van der Waals surface area contributed by atoms with Crippen LogP contribution < -0.4 is 0 Å². The maximum Gasteiger partial charge on any atom is 0.335 e. The van der Waals surface area contributed by atoms with Gasteiger partial charge < -0.3 is 14.6 Å². The van der Waals surface area contributed by atoms with Gasteiger partial charge in [-0.25, -0.2) is 4.79 Å². The standard InChI is InChI=1S/C30H56O5/c1-3-5-7-9-11-12-13-14-15-16-17-18-19-20-22-24-26-35-30(33)28(31)27-29(32)34-25-23-21-10-8-6-4-2/h14-15,28,31H,3-13,16-27H2,1-2H3/b15-14-. The van der Waals surface area contributed by atoms with Gasteiger partial charge in [0.2, 0.25) is 0 Å². The Morgan fingerprint density at radius 3 is 1.49 bits per heavy atom. The number of hydrogen-bond acceptors (Lipinski definition) is 5. The molecule has 0 radical (unpaired) electrons. The molecule has 1 N–H and O–H groups in total. The Morgan fingerprint density at radius 1 is 0.600 bits per heavy atom. The van der Waals surface area contributed by atoms with Crippen LogP contribution in [0.2, 0.25) is 0 Å². The second kappa shape index (κ2) is 27.2. The second-order valence-electron chi connectivity index (χ2n) is 9.81. The molecule has 0 saturated carbocycles. The Hall–Kier alpha value is -1.36. The summed E-state index contributed by atoms with van der Waals surface area (Å²) >= 11 is 0. The number of allylic oxidation sites excluding steroid dienone is 2. The molecule has 1 unspecified atom stereocenters. The van der Waals surface area contributed by atoms with Crippen molar-refractivity contribution in [2.75, 3.05) is 13.2 Å². The Kier molecular flexibility index (Phi) is 26.2. The number of carbonyl (C=O) groups excluding carboxylic acids is 2. The fourth-order valence-corrected chi connectivity index (χ4v) is 3.99. The first kappa shape index (κ1) is 33.6. The van der Waals surface area contributed by atoms with Gasteiger partial charge in [-0.05, 0) is 38.5 Å². The fraction of sp³-hybridized carbons (Fsp3) is 0.867. The van der Waals surface area contributed by atoms with Gasteiger partial charge in [-0.1, -0.05) is 116 Å². The third-order valence-corrected chi connectivity index (χ3v) is 6.29. The van der Waals surface area contributed by atoms with E-state index in [-0.39, 0.29) is 6.42 Å². The summed E-state index contributed by atoms with van der Waals surface area (Å²) in [7, 11) is 0. The summed E-state index contributed by atoms with van der Waals surface area (Å²) in [6.45, 7) is 5.08. The highest BCUT2D eigenvalue weighted by molar-refractivity contribution is 5.81. The molecular weight excluding hydrogens is 440 g/mol. The summed E-state index contributed by atoms with van der Waals surface area (Å²) in [6.07, 6.45) is 26.8. The van der Waals surface area contributed by atoms with Crippen molar-refractivity contribution in [3.8, 4) is 0 Å². The van der Waals surface area contributed by atoms with Crippen molar-refractivity contribution in [1.29, 1.82) is 0 Å². The topological polar surface area (TPSA) is 72.8 Å². The van der Waals surface area contributed by atoms with Crippen LogP contribution in [-0.4, -0.2) is 36.4 Å². The smallest absolute Gasteiger partial charge is 0.335 e. The molecule has 0 spiro atoms. The Balaban J connectivity index is 3.45. The number of ether oxygens (including phenoxy) is 2. The molecule has 0 heterocycles. The predicted octanol–water partition coefficient (Wildman–Crippen LogP) is 8.22. The third kappa shape index (κ3) is 25.5. The Bertz CT molecular complexity index is 503. The number of esters is 2. The summed E-state index contributed by atoms with van der Waals surface area (Å²) in [5.74, 6) is -1.27. The van der Waals surface area contributed by atoms with E-state index in [1.54, 1.807) is 0 Å².